The summed E-state index contributed by atoms with van der Waals surface area (Å²) in [5.74, 6) is 2.38. The number of carbonyl (C=O) groups excluding carboxylic acids is 1. The third kappa shape index (κ3) is 8.10. The van der Waals surface area contributed by atoms with Crippen LogP contribution in [0.4, 0.5) is 26.1 Å². The molecule has 4 rings (SSSR count). The Bertz CT molecular complexity index is 1520. The smallest absolute Gasteiger partial charge is 0.230 e. The number of nitrogens with one attached hydrogen (secondary N) is 4. The summed E-state index contributed by atoms with van der Waals surface area (Å²) in [7, 11) is 1.53. The molecule has 2 heterocycles. The summed E-state index contributed by atoms with van der Waals surface area (Å²) in [6.07, 6.45) is 7.89. The third-order valence-electron chi connectivity index (χ3n) is 5.88. The van der Waals surface area contributed by atoms with Crippen molar-refractivity contribution in [1.82, 2.24) is 25.5 Å². The SMILES string of the molecule is C#CC(CCO)NCCCOc1cc2ncnc(Nc3cc(CC(=O)Nc4cc(F)cc(F)c4)[nH]n3)c2cc1OC. The standard InChI is InChI=1S/C28H29F2N7O4/c1-3-19(5-7-38)31-6-4-8-41-25-15-23-22(14-24(25)40-2)28(33-16-32-23)35-26-12-21(36-37-26)13-27(39)34-20-10-17(29)9-18(30)11-20/h1,9-12,14-16,19,31,38H,4-8,13H2,2H3,(H,34,39)(H2,32,33,35,36,37). The third-order valence-corrected chi connectivity index (χ3v) is 5.88. The number of nitrogens with zero attached hydrogens (tertiary/aromatic N) is 3. The first-order valence-electron chi connectivity index (χ1n) is 12.7. The Kier molecular flexibility index (Phi) is 9.98. The lowest BCUT2D eigenvalue weighted by atomic mass is 10.2. The van der Waals surface area contributed by atoms with E-state index in [-0.39, 0.29) is 24.8 Å². The van der Waals surface area contributed by atoms with Gasteiger partial charge in [0.25, 0.3) is 0 Å². The fraction of sp³-hybridized carbons (Fsp3) is 0.286. The van der Waals surface area contributed by atoms with Crippen molar-refractivity contribution < 1.29 is 28.2 Å². The molecular formula is C28H29F2N7O4. The van der Waals surface area contributed by atoms with Gasteiger partial charge < -0.3 is 30.5 Å². The number of benzene rings is 2. The Morgan fingerprint density at radius 2 is 1.95 bits per heavy atom. The zero-order valence-electron chi connectivity index (χ0n) is 22.2. The van der Waals surface area contributed by atoms with Crippen LogP contribution in [0.2, 0.25) is 0 Å². The number of fused-ring (bicyclic) bond motifs is 1. The van der Waals surface area contributed by atoms with Gasteiger partial charge in [-0.05, 0) is 37.6 Å². The van der Waals surface area contributed by atoms with Gasteiger partial charge in [0.15, 0.2) is 17.3 Å². The van der Waals surface area contributed by atoms with Crippen molar-refractivity contribution >= 4 is 34.1 Å². The van der Waals surface area contributed by atoms with Crippen LogP contribution in [0.3, 0.4) is 0 Å². The highest BCUT2D eigenvalue weighted by Crippen LogP contribution is 2.34. The normalized spacial score (nSPS) is 11.6. The van der Waals surface area contributed by atoms with Gasteiger partial charge in [-0.2, -0.15) is 5.10 Å². The van der Waals surface area contributed by atoms with E-state index in [0.29, 0.717) is 65.7 Å². The van der Waals surface area contributed by atoms with Gasteiger partial charge in [0.1, 0.15) is 23.8 Å². The lowest BCUT2D eigenvalue weighted by molar-refractivity contribution is -0.115. The number of amides is 1. The molecule has 0 spiro atoms. The van der Waals surface area contributed by atoms with Crippen molar-refractivity contribution in [2.75, 3.05) is 37.5 Å². The van der Waals surface area contributed by atoms with Crippen LogP contribution in [0.5, 0.6) is 11.5 Å². The monoisotopic (exact) mass is 565 g/mol. The first-order chi connectivity index (χ1) is 19.9. The molecule has 0 aliphatic heterocycles. The fourth-order valence-corrected chi connectivity index (χ4v) is 3.98. The molecule has 1 unspecified atom stereocenters. The molecule has 214 valence electrons. The molecule has 0 saturated heterocycles. The number of aliphatic hydroxyl groups excluding tert-OH is 1. The number of anilines is 3. The Labute approximate surface area is 234 Å². The van der Waals surface area contributed by atoms with E-state index < -0.39 is 17.5 Å². The average Bonchev–Trinajstić information content (AvgIpc) is 3.37. The molecule has 0 radical (unpaired) electrons. The molecule has 41 heavy (non-hydrogen) atoms. The summed E-state index contributed by atoms with van der Waals surface area (Å²) >= 11 is 0. The van der Waals surface area contributed by atoms with Crippen molar-refractivity contribution in [3.8, 4) is 23.8 Å². The molecule has 0 saturated carbocycles. The van der Waals surface area contributed by atoms with E-state index in [1.54, 1.807) is 18.2 Å². The largest absolute Gasteiger partial charge is 0.493 e. The van der Waals surface area contributed by atoms with Crippen molar-refractivity contribution in [3.63, 3.8) is 0 Å². The Hall–Kier alpha value is -4.80. The number of aromatic nitrogens is 4. The van der Waals surface area contributed by atoms with E-state index in [2.05, 4.69) is 42.0 Å². The second kappa shape index (κ2) is 14.0. The predicted molar refractivity (Wildman–Crippen MR) is 149 cm³/mol. The van der Waals surface area contributed by atoms with Crippen LogP contribution in [-0.4, -0.2) is 64.1 Å². The summed E-state index contributed by atoms with van der Waals surface area (Å²) in [5.41, 5.74) is 1.08. The van der Waals surface area contributed by atoms with Gasteiger partial charge in [0.05, 0.1) is 31.7 Å². The lowest BCUT2D eigenvalue weighted by Gasteiger charge is -2.14. The minimum atomic E-state index is -0.790. The number of rotatable bonds is 14. The number of H-pyrrole nitrogens is 1. The highest BCUT2D eigenvalue weighted by atomic mass is 19.1. The Morgan fingerprint density at radius 3 is 2.68 bits per heavy atom. The molecule has 0 aliphatic rings. The summed E-state index contributed by atoms with van der Waals surface area (Å²) in [6.45, 7) is 1.04. The van der Waals surface area contributed by atoms with Gasteiger partial charge in [0.2, 0.25) is 5.91 Å². The molecule has 0 fully saturated rings. The van der Waals surface area contributed by atoms with Gasteiger partial charge >= 0.3 is 0 Å². The van der Waals surface area contributed by atoms with Gasteiger partial charge in [-0.25, -0.2) is 18.7 Å². The Balaban J connectivity index is 1.38. The predicted octanol–water partition coefficient (Wildman–Crippen LogP) is 3.31. The summed E-state index contributed by atoms with van der Waals surface area (Å²) in [6, 6.07) is 7.71. The molecule has 0 aliphatic carbocycles. The summed E-state index contributed by atoms with van der Waals surface area (Å²) in [4.78, 5) is 21.0. The number of ether oxygens (including phenoxy) is 2. The summed E-state index contributed by atoms with van der Waals surface area (Å²) in [5, 5.41) is 25.3. The van der Waals surface area contributed by atoms with Gasteiger partial charge in [0, 0.05) is 41.6 Å². The van der Waals surface area contributed by atoms with Crippen molar-refractivity contribution in [2.45, 2.75) is 25.3 Å². The number of carbonyl (C=O) groups is 1. The number of halogens is 2. The first kappa shape index (κ1) is 29.2. The van der Waals surface area contributed by atoms with Crippen LogP contribution in [-0.2, 0) is 11.2 Å². The van der Waals surface area contributed by atoms with Crippen LogP contribution < -0.4 is 25.4 Å². The molecule has 5 N–H and O–H groups in total. The molecule has 2 aromatic heterocycles. The molecular weight excluding hydrogens is 536 g/mol. The highest BCUT2D eigenvalue weighted by molar-refractivity contribution is 5.93. The molecule has 1 amide bonds. The van der Waals surface area contributed by atoms with Crippen LogP contribution in [0.25, 0.3) is 10.9 Å². The first-order valence-corrected chi connectivity index (χ1v) is 12.7. The molecule has 2 aromatic carbocycles. The van der Waals surface area contributed by atoms with E-state index >= 15 is 0 Å². The summed E-state index contributed by atoms with van der Waals surface area (Å²) < 4.78 is 38.2. The van der Waals surface area contributed by atoms with E-state index in [1.165, 1.54) is 13.4 Å². The number of aromatic amines is 1. The number of terminal acetylenes is 1. The van der Waals surface area contributed by atoms with Crippen LogP contribution in [0.1, 0.15) is 18.5 Å². The Morgan fingerprint density at radius 1 is 1.15 bits per heavy atom. The van der Waals surface area contributed by atoms with Crippen molar-refractivity contribution in [2.24, 2.45) is 0 Å². The van der Waals surface area contributed by atoms with Crippen LogP contribution in [0, 0.1) is 24.0 Å². The molecule has 1 atom stereocenters. The fourth-order valence-electron chi connectivity index (χ4n) is 3.98. The molecule has 13 heteroatoms. The van der Waals surface area contributed by atoms with Crippen LogP contribution in [0.15, 0.2) is 42.7 Å². The number of hydrogen-bond donors (Lipinski definition) is 5. The number of aliphatic hydroxyl groups is 1. The molecule has 4 aromatic rings. The van der Waals surface area contributed by atoms with Gasteiger partial charge in [-0.1, -0.05) is 5.92 Å². The zero-order valence-corrected chi connectivity index (χ0v) is 22.2. The maximum atomic E-state index is 13.4. The minimum Gasteiger partial charge on any atom is -0.493 e. The van der Waals surface area contributed by atoms with E-state index in [9.17, 15) is 13.6 Å². The zero-order chi connectivity index (χ0) is 29.2. The van der Waals surface area contributed by atoms with E-state index in [1.807, 2.05) is 0 Å². The van der Waals surface area contributed by atoms with Gasteiger partial charge in [-0.3, -0.25) is 9.89 Å². The molecule has 0 bridgehead atoms. The van der Waals surface area contributed by atoms with E-state index in [0.717, 1.165) is 18.2 Å². The maximum Gasteiger partial charge on any atom is 0.230 e. The second-order valence-corrected chi connectivity index (χ2v) is 8.92. The van der Waals surface area contributed by atoms with Crippen LogP contribution >= 0.6 is 0 Å². The maximum absolute atomic E-state index is 13.4. The number of hydrogen-bond acceptors (Lipinski definition) is 9. The highest BCUT2D eigenvalue weighted by Gasteiger charge is 2.14. The van der Waals surface area contributed by atoms with Crippen molar-refractivity contribution in [3.05, 3.63) is 60.1 Å². The average molecular weight is 566 g/mol. The minimum absolute atomic E-state index is 0.0161. The topological polar surface area (TPSA) is 146 Å². The lowest BCUT2D eigenvalue weighted by Crippen LogP contribution is -2.30. The van der Waals surface area contributed by atoms with E-state index in [4.69, 9.17) is 21.0 Å². The molecule has 11 nitrogen and oxygen atoms in total. The quantitative estimate of drug-likeness (QED) is 0.115. The van der Waals surface area contributed by atoms with Gasteiger partial charge in [-0.15, -0.1) is 6.42 Å². The number of methoxy groups -OCH3 is 1. The second-order valence-electron chi connectivity index (χ2n) is 8.92. The van der Waals surface area contributed by atoms with Crippen molar-refractivity contribution in [1.29, 1.82) is 0 Å².